The monoisotopic (exact) mass is 671 g/mol. The number of nitrogens with one attached hydrogen (secondary N) is 1. The van der Waals surface area contributed by atoms with Gasteiger partial charge in [-0.2, -0.15) is 0 Å². The van der Waals surface area contributed by atoms with Crippen molar-refractivity contribution in [2.75, 3.05) is 17.2 Å². The number of phenolic OH excluding ortho intramolecular Hbond substituents is 2. The van der Waals surface area contributed by atoms with Gasteiger partial charge in [0.1, 0.15) is 28.2 Å². The Morgan fingerprint density at radius 1 is 1.30 bits per heavy atom. The van der Waals surface area contributed by atoms with E-state index in [9.17, 15) is 29.7 Å². The van der Waals surface area contributed by atoms with Crippen molar-refractivity contribution in [3.63, 3.8) is 0 Å². The molecule has 43 heavy (non-hydrogen) atoms. The summed E-state index contributed by atoms with van der Waals surface area (Å²) in [6.07, 6.45) is -0.321. The standard InChI is InChI=1S/C24H23N7O7S4.Na/c1-9(2)38-30-15(12-8-40-23(25)26-12)18(34)27-16-20(35)31-17(22(36)37)11(6-39-21(16)31)7-41-24-29-28-19(42-24)10-3-4-13(32)14(33)5-10;/h3-5,8-9,16,21,32-33H,6-7H2,1-2H3,(H2,25,26)(H,27,34)(H,36,37);/q;+1/p-1/t16-,21+;/m1./s1. The number of hydrogen-bond acceptors (Lipinski definition) is 16. The second kappa shape index (κ2) is 13.8. The van der Waals surface area contributed by atoms with Crippen LogP contribution in [-0.2, 0) is 19.2 Å². The van der Waals surface area contributed by atoms with Crippen LogP contribution in [0.5, 0.6) is 11.5 Å². The van der Waals surface area contributed by atoms with E-state index in [4.69, 9.17) is 10.6 Å². The maximum atomic E-state index is 13.1. The summed E-state index contributed by atoms with van der Waals surface area (Å²) >= 11 is 4.88. The van der Waals surface area contributed by atoms with Crippen molar-refractivity contribution >= 4 is 74.8 Å². The third-order valence-corrected chi connectivity index (χ3v) is 10.1. The molecule has 0 radical (unpaired) electrons. The van der Waals surface area contributed by atoms with Gasteiger partial charge in [0.2, 0.25) is 0 Å². The molecule has 0 unspecified atom stereocenters. The van der Waals surface area contributed by atoms with E-state index in [0.717, 1.165) is 16.2 Å². The Kier molecular flexibility index (Phi) is 10.6. The van der Waals surface area contributed by atoms with Crippen molar-refractivity contribution in [1.29, 1.82) is 0 Å². The van der Waals surface area contributed by atoms with Gasteiger partial charge >= 0.3 is 29.6 Å². The van der Waals surface area contributed by atoms with Gasteiger partial charge < -0.3 is 36.0 Å². The second-order valence-electron chi connectivity index (χ2n) is 9.13. The largest absolute Gasteiger partial charge is 1.00 e. The van der Waals surface area contributed by atoms with E-state index >= 15 is 0 Å². The van der Waals surface area contributed by atoms with Gasteiger partial charge in [0, 0.05) is 22.4 Å². The Morgan fingerprint density at radius 2 is 2.07 bits per heavy atom. The van der Waals surface area contributed by atoms with Gasteiger partial charge in [-0.05, 0) is 37.6 Å². The number of carbonyl (C=O) groups excluding carboxylic acids is 3. The van der Waals surface area contributed by atoms with Gasteiger partial charge in [-0.25, -0.2) is 4.98 Å². The van der Waals surface area contributed by atoms with Crippen LogP contribution >= 0.6 is 46.2 Å². The first-order valence-corrected chi connectivity index (χ1v) is 15.9. The summed E-state index contributed by atoms with van der Waals surface area (Å²) in [5.74, 6) is -2.89. The first kappa shape index (κ1) is 33.0. The van der Waals surface area contributed by atoms with Gasteiger partial charge in [-0.15, -0.1) is 33.3 Å². The third kappa shape index (κ3) is 7.11. The van der Waals surface area contributed by atoms with Crippen LogP contribution in [0.25, 0.3) is 10.6 Å². The van der Waals surface area contributed by atoms with Gasteiger partial charge in [0.25, 0.3) is 11.8 Å². The van der Waals surface area contributed by atoms with E-state index in [1.165, 1.54) is 52.4 Å². The van der Waals surface area contributed by atoms with Crippen LogP contribution < -0.4 is 45.7 Å². The number of nitrogens with zero attached hydrogens (tertiary/aromatic N) is 5. The number of amides is 2. The Bertz CT molecular complexity index is 1630. The number of anilines is 1. The molecule has 2 aliphatic heterocycles. The minimum absolute atomic E-state index is 0. The summed E-state index contributed by atoms with van der Waals surface area (Å²) in [5, 5.41) is 47.7. The van der Waals surface area contributed by atoms with Gasteiger partial charge in [-0.3, -0.25) is 14.5 Å². The van der Waals surface area contributed by atoms with Crippen molar-refractivity contribution in [2.45, 2.75) is 35.7 Å². The first-order valence-electron chi connectivity index (χ1n) is 12.2. The molecule has 14 nitrogen and oxygen atoms in total. The summed E-state index contributed by atoms with van der Waals surface area (Å²) in [4.78, 5) is 48.8. The zero-order valence-corrected chi connectivity index (χ0v) is 28.1. The number of aromatic nitrogens is 3. The molecule has 5 N–H and O–H groups in total. The summed E-state index contributed by atoms with van der Waals surface area (Å²) in [7, 11) is 0. The molecule has 19 heteroatoms. The van der Waals surface area contributed by atoms with Crippen LogP contribution in [0, 0.1) is 0 Å². The van der Waals surface area contributed by atoms with Crippen LogP contribution in [0.2, 0.25) is 0 Å². The normalized spacial score (nSPS) is 18.2. The summed E-state index contributed by atoms with van der Waals surface area (Å²) < 4.78 is 0.535. The molecule has 4 heterocycles. The Balaban J connectivity index is 0.00000423. The molecule has 3 aromatic rings. The number of carboxylic acids is 1. The molecule has 1 saturated heterocycles. The predicted octanol–water partition coefficient (Wildman–Crippen LogP) is -2.02. The van der Waals surface area contributed by atoms with Gasteiger partial charge in [0.15, 0.2) is 26.7 Å². The topological polar surface area (TPSA) is 216 Å². The number of thioether (sulfide) groups is 2. The molecule has 1 aromatic carbocycles. The van der Waals surface area contributed by atoms with Crippen molar-refractivity contribution in [3.8, 4) is 22.1 Å². The quantitative estimate of drug-likeness (QED) is 0.0458. The van der Waals surface area contributed by atoms with E-state index in [-0.39, 0.29) is 80.9 Å². The molecule has 0 aliphatic carbocycles. The molecule has 2 aliphatic rings. The summed E-state index contributed by atoms with van der Waals surface area (Å²) in [6.45, 7) is 3.46. The molecule has 2 aromatic heterocycles. The molecule has 0 spiro atoms. The van der Waals surface area contributed by atoms with Gasteiger partial charge in [-0.1, -0.05) is 28.3 Å². The number of nitrogen functional groups attached to an aromatic ring is 1. The number of oxime groups is 1. The number of hydrogen-bond donors (Lipinski definition) is 4. The Morgan fingerprint density at radius 3 is 2.72 bits per heavy atom. The molecule has 0 saturated carbocycles. The third-order valence-electron chi connectivity index (χ3n) is 5.86. The molecule has 2 atom stereocenters. The fourth-order valence-corrected chi connectivity index (χ4v) is 7.82. The maximum absolute atomic E-state index is 13.1. The molecule has 2 amide bonds. The molecule has 5 rings (SSSR count). The number of nitrogens with two attached hydrogens (primary N) is 1. The van der Waals surface area contributed by atoms with E-state index in [2.05, 4.69) is 25.7 Å². The van der Waals surface area contributed by atoms with E-state index < -0.39 is 29.2 Å². The van der Waals surface area contributed by atoms with E-state index in [1.807, 2.05) is 0 Å². The van der Waals surface area contributed by atoms with Gasteiger partial charge in [0.05, 0.1) is 11.7 Å². The van der Waals surface area contributed by atoms with Crippen molar-refractivity contribution in [1.82, 2.24) is 25.4 Å². The molecule has 0 bridgehead atoms. The van der Waals surface area contributed by atoms with Crippen LogP contribution in [0.15, 0.2) is 44.3 Å². The minimum atomic E-state index is -1.50. The molecule has 220 valence electrons. The molecule has 1 fully saturated rings. The van der Waals surface area contributed by atoms with E-state index in [0.29, 0.717) is 20.5 Å². The average molecular weight is 672 g/mol. The summed E-state index contributed by atoms with van der Waals surface area (Å²) in [5.41, 5.74) is 6.51. The first-order chi connectivity index (χ1) is 20.0. The number of carboxylic acid groups (broad SMARTS) is 1. The van der Waals surface area contributed by atoms with Crippen LogP contribution in [0.4, 0.5) is 5.13 Å². The fraction of sp³-hybridized carbons (Fsp3) is 0.292. The second-order valence-corrected chi connectivity index (χ2v) is 13.3. The smallest absolute Gasteiger partial charge is 0.543 e. The Labute approximate surface area is 283 Å². The summed E-state index contributed by atoms with van der Waals surface area (Å²) in [6, 6.07) is 3.29. The van der Waals surface area contributed by atoms with Crippen molar-refractivity contribution in [3.05, 3.63) is 40.5 Å². The van der Waals surface area contributed by atoms with Crippen LogP contribution in [0.1, 0.15) is 19.5 Å². The molecular formula is C24H22N7NaO7S4. The Hall–Kier alpha value is -2.87. The zero-order chi connectivity index (χ0) is 30.1. The number of rotatable bonds is 10. The molecular weight excluding hydrogens is 650 g/mol. The number of phenols is 2. The maximum Gasteiger partial charge on any atom is 1.00 e. The average Bonchev–Trinajstić information content (AvgIpc) is 3.60. The number of benzene rings is 1. The predicted molar refractivity (Wildman–Crippen MR) is 156 cm³/mol. The number of fused-ring (bicyclic) bond motifs is 1. The number of β-lactam (4-membered cyclic amide) rings is 1. The number of aromatic hydroxyl groups is 2. The van der Waals surface area contributed by atoms with Crippen LogP contribution in [-0.4, -0.2) is 82.8 Å². The minimum Gasteiger partial charge on any atom is -0.543 e. The SMILES string of the molecule is CC(C)ON=C(C(=O)N[C@@H]1C(=O)N2C(C(=O)[O-])=C(CSc3nnc(-c4ccc(O)c(O)c4)s3)CS[C@@H]12)c1csc(N)n1.[Na+]. The zero-order valence-electron chi connectivity index (χ0n) is 22.8. The van der Waals surface area contributed by atoms with E-state index in [1.54, 1.807) is 19.9 Å². The fourth-order valence-electron chi connectivity index (χ4n) is 3.94. The van der Waals surface area contributed by atoms with Crippen LogP contribution in [0.3, 0.4) is 0 Å². The van der Waals surface area contributed by atoms with Crippen molar-refractivity contribution < 1.29 is 64.1 Å². The van der Waals surface area contributed by atoms with Crippen molar-refractivity contribution in [2.24, 2.45) is 5.16 Å². The number of aliphatic carboxylic acids is 1. The number of thiazole rings is 1. The number of carbonyl (C=O) groups is 3.